The third-order valence-corrected chi connectivity index (χ3v) is 3.16. The first-order chi connectivity index (χ1) is 10.1. The maximum absolute atomic E-state index is 11.8. The van der Waals surface area contributed by atoms with Gasteiger partial charge in [0.05, 0.1) is 24.9 Å². The summed E-state index contributed by atoms with van der Waals surface area (Å²) >= 11 is 0. The number of aryl methyl sites for hydroxylation is 2. The van der Waals surface area contributed by atoms with Gasteiger partial charge in [-0.2, -0.15) is 0 Å². The van der Waals surface area contributed by atoms with E-state index in [4.69, 9.17) is 4.42 Å². The Balaban J connectivity index is 1.88. The largest absolute Gasteiger partial charge is 0.444 e. The van der Waals surface area contributed by atoms with Gasteiger partial charge in [0, 0.05) is 0 Å². The van der Waals surface area contributed by atoms with Gasteiger partial charge in [-0.25, -0.2) is 9.78 Å². The predicted octanol–water partition coefficient (Wildman–Crippen LogP) is 1.82. The lowest BCUT2D eigenvalue weighted by atomic mass is 10.1. The van der Waals surface area contributed by atoms with Gasteiger partial charge in [0.15, 0.2) is 0 Å². The standard InChI is InChI=1S/C15H19N3O3/c1-10-11(2)21-14(17-10)8-16-15(20)18-13(9-19)12-6-4-3-5-7-12/h3-7,13,19H,8-9H2,1-2H3,(H2,16,18,20)/t13-/m1/s1. The first kappa shape index (κ1) is 15.1. The highest BCUT2D eigenvalue weighted by atomic mass is 16.4. The maximum atomic E-state index is 11.8. The molecule has 0 spiro atoms. The van der Waals surface area contributed by atoms with Crippen LogP contribution in [0.3, 0.4) is 0 Å². The van der Waals surface area contributed by atoms with E-state index in [1.54, 1.807) is 0 Å². The highest BCUT2D eigenvalue weighted by Crippen LogP contribution is 2.11. The average molecular weight is 289 g/mol. The minimum atomic E-state index is -0.445. The Hall–Kier alpha value is -2.34. The molecule has 2 aromatic rings. The smallest absolute Gasteiger partial charge is 0.315 e. The minimum Gasteiger partial charge on any atom is -0.444 e. The van der Waals surface area contributed by atoms with Gasteiger partial charge in [0.2, 0.25) is 5.89 Å². The van der Waals surface area contributed by atoms with E-state index in [0.717, 1.165) is 17.0 Å². The zero-order valence-corrected chi connectivity index (χ0v) is 12.1. The van der Waals surface area contributed by atoms with E-state index in [0.29, 0.717) is 5.89 Å². The molecule has 21 heavy (non-hydrogen) atoms. The number of rotatable bonds is 5. The van der Waals surface area contributed by atoms with Crippen LogP contribution in [-0.2, 0) is 6.54 Å². The number of amides is 2. The second-order valence-electron chi connectivity index (χ2n) is 4.72. The SMILES string of the molecule is Cc1nc(CNC(=O)N[C@H](CO)c2ccccc2)oc1C. The van der Waals surface area contributed by atoms with Crippen LogP contribution in [0.2, 0.25) is 0 Å². The predicted molar refractivity (Wildman–Crippen MR) is 77.6 cm³/mol. The van der Waals surface area contributed by atoms with E-state index in [1.165, 1.54) is 0 Å². The Morgan fingerprint density at radius 2 is 2.05 bits per heavy atom. The van der Waals surface area contributed by atoms with Crippen LogP contribution < -0.4 is 10.6 Å². The van der Waals surface area contributed by atoms with Crippen molar-refractivity contribution in [1.82, 2.24) is 15.6 Å². The number of carbonyl (C=O) groups excluding carboxylic acids is 1. The van der Waals surface area contributed by atoms with Crippen molar-refractivity contribution in [3.8, 4) is 0 Å². The molecule has 0 saturated heterocycles. The number of aliphatic hydroxyl groups is 1. The van der Waals surface area contributed by atoms with Gasteiger partial charge in [-0.1, -0.05) is 30.3 Å². The number of urea groups is 1. The summed E-state index contributed by atoms with van der Waals surface area (Å²) in [5.74, 6) is 1.20. The van der Waals surface area contributed by atoms with Crippen LogP contribution in [0.15, 0.2) is 34.7 Å². The molecule has 1 atom stereocenters. The van der Waals surface area contributed by atoms with Gasteiger partial charge in [0.25, 0.3) is 0 Å². The van der Waals surface area contributed by atoms with Gasteiger partial charge >= 0.3 is 6.03 Å². The molecule has 2 rings (SSSR count). The molecular weight excluding hydrogens is 270 g/mol. The molecule has 0 fully saturated rings. The quantitative estimate of drug-likeness (QED) is 0.783. The van der Waals surface area contributed by atoms with Crippen LogP contribution in [0, 0.1) is 13.8 Å². The fourth-order valence-corrected chi connectivity index (χ4v) is 1.90. The van der Waals surface area contributed by atoms with Crippen molar-refractivity contribution in [2.24, 2.45) is 0 Å². The zero-order chi connectivity index (χ0) is 15.2. The highest BCUT2D eigenvalue weighted by Gasteiger charge is 2.14. The summed E-state index contributed by atoms with van der Waals surface area (Å²) in [7, 11) is 0. The van der Waals surface area contributed by atoms with Gasteiger partial charge in [-0.3, -0.25) is 0 Å². The zero-order valence-electron chi connectivity index (χ0n) is 12.1. The number of nitrogens with zero attached hydrogens (tertiary/aromatic N) is 1. The third kappa shape index (κ3) is 4.06. The number of carbonyl (C=O) groups is 1. The average Bonchev–Trinajstić information content (AvgIpc) is 2.82. The second kappa shape index (κ2) is 6.90. The van der Waals surface area contributed by atoms with Gasteiger partial charge in [0.1, 0.15) is 5.76 Å². The fraction of sp³-hybridized carbons (Fsp3) is 0.333. The number of benzene rings is 1. The summed E-state index contributed by atoms with van der Waals surface area (Å²) in [6.07, 6.45) is 0. The molecule has 0 aliphatic heterocycles. The van der Waals surface area contributed by atoms with Crippen LogP contribution >= 0.6 is 0 Å². The van der Waals surface area contributed by atoms with Gasteiger partial charge < -0.3 is 20.2 Å². The van der Waals surface area contributed by atoms with E-state index < -0.39 is 6.04 Å². The van der Waals surface area contributed by atoms with Crippen molar-refractivity contribution < 1.29 is 14.3 Å². The molecule has 1 aromatic carbocycles. The van der Waals surface area contributed by atoms with E-state index >= 15 is 0 Å². The van der Waals surface area contributed by atoms with E-state index in [2.05, 4.69) is 15.6 Å². The molecular formula is C15H19N3O3. The maximum Gasteiger partial charge on any atom is 0.315 e. The first-order valence-electron chi connectivity index (χ1n) is 6.73. The summed E-state index contributed by atoms with van der Waals surface area (Å²) in [5, 5.41) is 14.7. The number of aromatic nitrogens is 1. The molecule has 1 aromatic heterocycles. The normalized spacial score (nSPS) is 12.0. The molecule has 6 nitrogen and oxygen atoms in total. The molecule has 112 valence electrons. The lowest BCUT2D eigenvalue weighted by Gasteiger charge is -2.16. The number of hydrogen-bond donors (Lipinski definition) is 3. The molecule has 6 heteroatoms. The third-order valence-electron chi connectivity index (χ3n) is 3.16. The monoisotopic (exact) mass is 289 g/mol. The summed E-state index contributed by atoms with van der Waals surface area (Å²) in [6, 6.07) is 8.46. The molecule has 0 radical (unpaired) electrons. The summed E-state index contributed by atoms with van der Waals surface area (Å²) in [6.45, 7) is 3.70. The minimum absolute atomic E-state index is 0.172. The van der Waals surface area contributed by atoms with Crippen LogP contribution in [0.4, 0.5) is 4.79 Å². The van der Waals surface area contributed by atoms with E-state index in [1.807, 2.05) is 44.2 Å². The molecule has 1 heterocycles. The van der Waals surface area contributed by atoms with Crippen molar-refractivity contribution in [2.75, 3.05) is 6.61 Å². The van der Waals surface area contributed by atoms with Gasteiger partial charge in [-0.15, -0.1) is 0 Å². The summed E-state index contributed by atoms with van der Waals surface area (Å²) < 4.78 is 5.38. The molecule has 3 N–H and O–H groups in total. The molecule has 0 bridgehead atoms. The molecule has 0 saturated carbocycles. The van der Waals surface area contributed by atoms with Crippen molar-refractivity contribution in [3.05, 3.63) is 53.2 Å². The van der Waals surface area contributed by atoms with Gasteiger partial charge in [-0.05, 0) is 19.4 Å². The van der Waals surface area contributed by atoms with Crippen LogP contribution in [0.5, 0.6) is 0 Å². The Morgan fingerprint density at radius 1 is 1.33 bits per heavy atom. The number of oxazole rings is 1. The molecule has 0 aliphatic rings. The number of nitrogens with one attached hydrogen (secondary N) is 2. The molecule has 0 unspecified atom stereocenters. The van der Waals surface area contributed by atoms with Crippen LogP contribution in [0.25, 0.3) is 0 Å². The van der Waals surface area contributed by atoms with E-state index in [-0.39, 0.29) is 19.2 Å². The summed E-state index contributed by atoms with van der Waals surface area (Å²) in [5.41, 5.74) is 1.66. The molecule has 2 amide bonds. The highest BCUT2D eigenvalue weighted by molar-refractivity contribution is 5.74. The van der Waals surface area contributed by atoms with Crippen molar-refractivity contribution in [1.29, 1.82) is 0 Å². The first-order valence-corrected chi connectivity index (χ1v) is 6.73. The Bertz CT molecular complexity index is 576. The fourth-order valence-electron chi connectivity index (χ4n) is 1.90. The topological polar surface area (TPSA) is 87.4 Å². The van der Waals surface area contributed by atoms with Crippen molar-refractivity contribution in [2.45, 2.75) is 26.4 Å². The lowest BCUT2D eigenvalue weighted by molar-refractivity contribution is 0.216. The van der Waals surface area contributed by atoms with E-state index in [9.17, 15) is 9.90 Å². The second-order valence-corrected chi connectivity index (χ2v) is 4.72. The van der Waals surface area contributed by atoms with Crippen molar-refractivity contribution in [3.63, 3.8) is 0 Å². The summed E-state index contributed by atoms with van der Waals surface area (Å²) in [4.78, 5) is 16.0. The Morgan fingerprint density at radius 3 is 2.62 bits per heavy atom. The lowest BCUT2D eigenvalue weighted by Crippen LogP contribution is -2.38. The Labute approximate surface area is 123 Å². The van der Waals surface area contributed by atoms with Crippen LogP contribution in [0.1, 0.15) is 29.0 Å². The number of aliphatic hydroxyl groups excluding tert-OH is 1. The van der Waals surface area contributed by atoms with Crippen molar-refractivity contribution >= 4 is 6.03 Å². The molecule has 0 aliphatic carbocycles. The number of hydrogen-bond acceptors (Lipinski definition) is 4. The van der Waals surface area contributed by atoms with Crippen LogP contribution in [-0.4, -0.2) is 22.7 Å². The Kier molecular flexibility index (Phi) is 4.94.